The number of carbonyl (C=O) groups is 1. The van der Waals surface area contributed by atoms with E-state index in [2.05, 4.69) is 42.3 Å². The zero-order valence-corrected chi connectivity index (χ0v) is 13.8. The van der Waals surface area contributed by atoms with Crippen LogP contribution in [-0.2, 0) is 4.79 Å². The maximum Gasteiger partial charge on any atom is 0.227 e. The maximum absolute atomic E-state index is 11.8. The Labute approximate surface area is 135 Å². The molecule has 0 atom stereocenters. The molecule has 1 aromatic heterocycles. The fourth-order valence-corrected chi connectivity index (χ4v) is 2.51. The van der Waals surface area contributed by atoms with E-state index >= 15 is 0 Å². The van der Waals surface area contributed by atoms with Crippen LogP contribution in [0.25, 0.3) is 22.6 Å². The van der Waals surface area contributed by atoms with E-state index in [1.165, 1.54) is 11.1 Å². The van der Waals surface area contributed by atoms with Gasteiger partial charge in [-0.25, -0.2) is 4.98 Å². The average Bonchev–Trinajstić information content (AvgIpc) is 2.89. The average molecular weight is 308 g/mol. The number of amides is 1. The van der Waals surface area contributed by atoms with Gasteiger partial charge in [-0.2, -0.15) is 0 Å². The molecule has 0 unspecified atom stereocenters. The van der Waals surface area contributed by atoms with Gasteiger partial charge in [0.25, 0.3) is 0 Å². The third-order valence-electron chi connectivity index (χ3n) is 3.65. The molecule has 3 rings (SSSR count). The summed E-state index contributed by atoms with van der Waals surface area (Å²) in [7, 11) is 0. The number of benzene rings is 2. The van der Waals surface area contributed by atoms with E-state index in [1.54, 1.807) is 0 Å². The third-order valence-corrected chi connectivity index (χ3v) is 3.65. The molecular weight excluding hydrogens is 288 g/mol. The smallest absolute Gasteiger partial charge is 0.227 e. The molecule has 0 saturated heterocycles. The summed E-state index contributed by atoms with van der Waals surface area (Å²) >= 11 is 0. The highest BCUT2D eigenvalue weighted by molar-refractivity contribution is 5.94. The lowest BCUT2D eigenvalue weighted by Crippen LogP contribution is -2.17. The Morgan fingerprint density at radius 2 is 1.78 bits per heavy atom. The largest absolute Gasteiger partial charge is 0.436 e. The summed E-state index contributed by atoms with van der Waals surface area (Å²) in [6.45, 7) is 7.84. The molecule has 2 aromatic carbocycles. The van der Waals surface area contributed by atoms with Crippen LogP contribution in [0.2, 0.25) is 0 Å². The van der Waals surface area contributed by atoms with Crippen LogP contribution in [0.4, 0.5) is 5.69 Å². The van der Waals surface area contributed by atoms with E-state index in [0.29, 0.717) is 11.5 Å². The van der Waals surface area contributed by atoms with Gasteiger partial charge in [0.1, 0.15) is 5.52 Å². The molecule has 1 amide bonds. The van der Waals surface area contributed by atoms with Gasteiger partial charge in [0.2, 0.25) is 11.8 Å². The van der Waals surface area contributed by atoms with Gasteiger partial charge in [-0.1, -0.05) is 31.0 Å². The second-order valence-electron chi connectivity index (χ2n) is 6.22. The van der Waals surface area contributed by atoms with Gasteiger partial charge in [0, 0.05) is 17.2 Å². The predicted octanol–water partition coefficient (Wildman–Crippen LogP) is 4.71. The summed E-state index contributed by atoms with van der Waals surface area (Å²) in [6.07, 6.45) is 0. The van der Waals surface area contributed by atoms with Crippen LogP contribution in [-0.4, -0.2) is 10.9 Å². The molecule has 0 aliphatic rings. The molecule has 3 aromatic rings. The molecule has 0 aliphatic carbocycles. The number of anilines is 1. The fourth-order valence-electron chi connectivity index (χ4n) is 2.51. The molecule has 1 heterocycles. The number of aryl methyl sites for hydroxylation is 2. The quantitative estimate of drug-likeness (QED) is 0.762. The lowest BCUT2D eigenvalue weighted by Gasteiger charge is -2.06. The normalized spacial score (nSPS) is 11.2. The molecule has 0 saturated carbocycles. The second-order valence-corrected chi connectivity index (χ2v) is 6.22. The van der Waals surface area contributed by atoms with Crippen molar-refractivity contribution in [2.24, 2.45) is 5.92 Å². The lowest BCUT2D eigenvalue weighted by molar-refractivity contribution is -0.118. The molecule has 0 bridgehead atoms. The van der Waals surface area contributed by atoms with Crippen molar-refractivity contribution >= 4 is 22.7 Å². The lowest BCUT2D eigenvalue weighted by atomic mass is 10.1. The highest BCUT2D eigenvalue weighted by atomic mass is 16.3. The molecule has 23 heavy (non-hydrogen) atoms. The summed E-state index contributed by atoms with van der Waals surface area (Å²) < 4.78 is 5.85. The number of nitrogens with one attached hydrogen (secondary N) is 1. The number of hydrogen-bond acceptors (Lipinski definition) is 3. The minimum Gasteiger partial charge on any atom is -0.436 e. The van der Waals surface area contributed by atoms with E-state index in [1.807, 2.05) is 32.0 Å². The summed E-state index contributed by atoms with van der Waals surface area (Å²) in [4.78, 5) is 16.4. The zero-order valence-electron chi connectivity index (χ0n) is 13.8. The van der Waals surface area contributed by atoms with E-state index in [-0.39, 0.29) is 11.8 Å². The van der Waals surface area contributed by atoms with Crippen molar-refractivity contribution in [1.82, 2.24) is 4.98 Å². The maximum atomic E-state index is 11.8. The molecule has 4 heteroatoms. The van der Waals surface area contributed by atoms with Crippen LogP contribution in [0.5, 0.6) is 0 Å². The number of hydrogen-bond donors (Lipinski definition) is 1. The Balaban J connectivity index is 1.97. The van der Waals surface area contributed by atoms with Gasteiger partial charge in [-0.05, 0) is 44.2 Å². The Kier molecular flexibility index (Phi) is 3.90. The van der Waals surface area contributed by atoms with Crippen LogP contribution in [0, 0.1) is 19.8 Å². The second kappa shape index (κ2) is 5.88. The summed E-state index contributed by atoms with van der Waals surface area (Å²) in [5, 5.41) is 2.88. The van der Waals surface area contributed by atoms with Crippen molar-refractivity contribution < 1.29 is 9.21 Å². The van der Waals surface area contributed by atoms with E-state index in [4.69, 9.17) is 4.42 Å². The number of aromatic nitrogens is 1. The summed E-state index contributed by atoms with van der Waals surface area (Å²) in [5.41, 5.74) is 5.49. The predicted molar refractivity (Wildman–Crippen MR) is 92.4 cm³/mol. The number of carbonyl (C=O) groups excluding carboxylic acids is 1. The SMILES string of the molecule is Cc1cc(C)cc(-c2nc3cc(NC(=O)C(C)C)ccc3o2)c1. The number of fused-ring (bicyclic) bond motifs is 1. The molecule has 0 radical (unpaired) electrons. The Bertz CT molecular complexity index is 858. The first-order valence-electron chi connectivity index (χ1n) is 7.72. The van der Waals surface area contributed by atoms with Crippen LogP contribution in [0.3, 0.4) is 0 Å². The van der Waals surface area contributed by atoms with Crippen molar-refractivity contribution in [2.75, 3.05) is 5.32 Å². The van der Waals surface area contributed by atoms with Crippen LogP contribution in [0.1, 0.15) is 25.0 Å². The Morgan fingerprint density at radius 3 is 2.43 bits per heavy atom. The number of nitrogens with zero attached hydrogens (tertiary/aromatic N) is 1. The first-order valence-corrected chi connectivity index (χ1v) is 7.72. The third kappa shape index (κ3) is 3.26. The molecular formula is C19H20N2O2. The first kappa shape index (κ1) is 15.3. The first-order chi connectivity index (χ1) is 10.9. The minimum absolute atomic E-state index is 0.0117. The molecule has 0 aliphatic heterocycles. The van der Waals surface area contributed by atoms with Gasteiger partial charge >= 0.3 is 0 Å². The van der Waals surface area contributed by atoms with Crippen molar-refractivity contribution in [1.29, 1.82) is 0 Å². The van der Waals surface area contributed by atoms with Crippen molar-refractivity contribution in [3.63, 3.8) is 0 Å². The minimum atomic E-state index is -0.0613. The van der Waals surface area contributed by atoms with Gasteiger partial charge in [0.05, 0.1) is 0 Å². The van der Waals surface area contributed by atoms with E-state index < -0.39 is 0 Å². The highest BCUT2D eigenvalue weighted by Crippen LogP contribution is 2.27. The topological polar surface area (TPSA) is 55.1 Å². The van der Waals surface area contributed by atoms with Crippen LogP contribution >= 0.6 is 0 Å². The van der Waals surface area contributed by atoms with Crippen molar-refractivity contribution in [3.05, 3.63) is 47.5 Å². The molecule has 118 valence electrons. The van der Waals surface area contributed by atoms with Gasteiger partial charge in [-0.3, -0.25) is 4.79 Å². The molecule has 1 N–H and O–H groups in total. The van der Waals surface area contributed by atoms with E-state index in [9.17, 15) is 4.79 Å². The van der Waals surface area contributed by atoms with Crippen molar-refractivity contribution in [2.45, 2.75) is 27.7 Å². The van der Waals surface area contributed by atoms with Gasteiger partial charge in [0.15, 0.2) is 5.58 Å². The Morgan fingerprint density at radius 1 is 1.09 bits per heavy atom. The highest BCUT2D eigenvalue weighted by Gasteiger charge is 2.12. The van der Waals surface area contributed by atoms with Crippen molar-refractivity contribution in [3.8, 4) is 11.5 Å². The molecule has 0 fully saturated rings. The molecule has 0 spiro atoms. The number of rotatable bonds is 3. The van der Waals surface area contributed by atoms with E-state index in [0.717, 1.165) is 16.8 Å². The summed E-state index contributed by atoms with van der Waals surface area (Å²) in [5.74, 6) is 0.523. The Hall–Kier alpha value is -2.62. The molecule has 4 nitrogen and oxygen atoms in total. The monoisotopic (exact) mass is 308 g/mol. The standard InChI is InChI=1S/C19H20N2O2/c1-11(2)18(22)20-15-5-6-17-16(10-15)21-19(23-17)14-8-12(3)7-13(4)9-14/h5-11H,1-4H3,(H,20,22). The number of oxazole rings is 1. The van der Waals surface area contributed by atoms with Gasteiger partial charge < -0.3 is 9.73 Å². The van der Waals surface area contributed by atoms with Crippen LogP contribution in [0.15, 0.2) is 40.8 Å². The fraction of sp³-hybridized carbons (Fsp3) is 0.263. The summed E-state index contributed by atoms with van der Waals surface area (Å²) in [6, 6.07) is 11.7. The zero-order chi connectivity index (χ0) is 16.6. The van der Waals surface area contributed by atoms with Gasteiger partial charge in [-0.15, -0.1) is 0 Å². The van der Waals surface area contributed by atoms with Crippen LogP contribution < -0.4 is 5.32 Å².